The minimum Gasteiger partial charge on any atom is -0.462 e. The molecule has 6 heteroatoms. The first-order valence-corrected chi connectivity index (χ1v) is 5.20. The van der Waals surface area contributed by atoms with Gasteiger partial charge in [0.2, 0.25) is 0 Å². The Morgan fingerprint density at radius 1 is 1.39 bits per heavy atom. The molecule has 0 atom stereocenters. The molecule has 0 amide bonds. The van der Waals surface area contributed by atoms with Gasteiger partial charge in [0.05, 0.1) is 12.8 Å². The molecule has 0 aliphatic carbocycles. The topological polar surface area (TPSA) is 52.3 Å². The van der Waals surface area contributed by atoms with Gasteiger partial charge in [-0.05, 0) is 25.1 Å². The van der Waals surface area contributed by atoms with E-state index in [2.05, 4.69) is 5.16 Å². The van der Waals surface area contributed by atoms with Crippen molar-refractivity contribution < 1.29 is 22.8 Å². The molecule has 0 N–H and O–H groups in total. The number of hydrogen-bond donors (Lipinski definition) is 0. The lowest BCUT2D eigenvalue weighted by Gasteiger charge is -2.02. The number of ether oxygens (including phenoxy) is 1. The number of esters is 1. The molecule has 18 heavy (non-hydrogen) atoms. The number of carbonyl (C=O) groups is 1. The Morgan fingerprint density at radius 3 is 2.83 bits per heavy atom. The molecule has 1 aromatic heterocycles. The predicted molar refractivity (Wildman–Crippen MR) is 57.8 cm³/mol. The van der Waals surface area contributed by atoms with Gasteiger partial charge in [-0.2, -0.15) is 0 Å². The highest BCUT2D eigenvalue weighted by Crippen LogP contribution is 2.25. The summed E-state index contributed by atoms with van der Waals surface area (Å²) in [5, 5.41) is 3.46. The lowest BCUT2D eigenvalue weighted by molar-refractivity contribution is 0.0526. The zero-order valence-electron chi connectivity index (χ0n) is 9.44. The number of aromatic nitrogens is 1. The molecule has 2 aromatic rings. The van der Waals surface area contributed by atoms with Crippen molar-refractivity contribution in [2.75, 3.05) is 6.61 Å². The van der Waals surface area contributed by atoms with E-state index in [9.17, 15) is 13.6 Å². The molecule has 0 saturated heterocycles. The Kier molecular flexibility index (Phi) is 3.36. The summed E-state index contributed by atoms with van der Waals surface area (Å²) >= 11 is 0. The van der Waals surface area contributed by atoms with E-state index < -0.39 is 17.6 Å². The van der Waals surface area contributed by atoms with Crippen LogP contribution in [0.15, 0.2) is 28.9 Å². The van der Waals surface area contributed by atoms with Gasteiger partial charge in [-0.3, -0.25) is 0 Å². The number of benzene rings is 1. The molecule has 4 nitrogen and oxygen atoms in total. The third-order valence-corrected chi connectivity index (χ3v) is 2.25. The molecule has 0 saturated carbocycles. The molecule has 94 valence electrons. The van der Waals surface area contributed by atoms with Crippen LogP contribution in [0.3, 0.4) is 0 Å². The van der Waals surface area contributed by atoms with Crippen LogP contribution in [0.2, 0.25) is 0 Å². The predicted octanol–water partition coefficient (Wildman–Crippen LogP) is 2.80. The fourth-order valence-electron chi connectivity index (χ4n) is 1.44. The summed E-state index contributed by atoms with van der Waals surface area (Å²) < 4.78 is 35.6. The third kappa shape index (κ3) is 2.22. The second kappa shape index (κ2) is 4.95. The average Bonchev–Trinajstić information content (AvgIpc) is 2.82. The van der Waals surface area contributed by atoms with Gasteiger partial charge in [0, 0.05) is 5.56 Å². The minimum absolute atomic E-state index is 0.0485. The Bertz CT molecular complexity index is 580. The molecule has 0 fully saturated rings. The number of hydrogen-bond acceptors (Lipinski definition) is 4. The summed E-state index contributed by atoms with van der Waals surface area (Å²) in [6.45, 7) is 1.85. The van der Waals surface area contributed by atoms with Crippen LogP contribution in [-0.4, -0.2) is 17.7 Å². The standard InChI is InChI=1S/C12H9F2NO3/c1-2-17-12(16)8-6-15-18-11(8)7-3-4-9(13)10(14)5-7/h3-6H,2H2,1H3. The number of halogens is 2. The molecular formula is C12H9F2NO3. The average molecular weight is 253 g/mol. The molecule has 1 aromatic carbocycles. The first-order valence-electron chi connectivity index (χ1n) is 5.20. The van der Waals surface area contributed by atoms with Crippen molar-refractivity contribution in [2.45, 2.75) is 6.92 Å². The lowest BCUT2D eigenvalue weighted by atomic mass is 10.1. The molecule has 0 aliphatic heterocycles. The summed E-state index contributed by atoms with van der Waals surface area (Å²) in [4.78, 5) is 11.6. The van der Waals surface area contributed by atoms with Crippen molar-refractivity contribution in [3.8, 4) is 11.3 Å². The molecule has 0 radical (unpaired) electrons. The van der Waals surface area contributed by atoms with Crippen molar-refractivity contribution in [1.29, 1.82) is 0 Å². The van der Waals surface area contributed by atoms with Gasteiger partial charge in [-0.25, -0.2) is 13.6 Å². The van der Waals surface area contributed by atoms with Gasteiger partial charge in [0.1, 0.15) is 5.56 Å². The molecule has 1 heterocycles. The normalized spacial score (nSPS) is 10.4. The van der Waals surface area contributed by atoms with E-state index in [1.165, 1.54) is 12.3 Å². The van der Waals surface area contributed by atoms with Crippen LogP contribution < -0.4 is 0 Å². The van der Waals surface area contributed by atoms with Crippen LogP contribution in [0.5, 0.6) is 0 Å². The maximum atomic E-state index is 13.1. The van der Waals surface area contributed by atoms with Crippen LogP contribution in [0, 0.1) is 11.6 Å². The van der Waals surface area contributed by atoms with E-state index in [1.54, 1.807) is 6.92 Å². The zero-order chi connectivity index (χ0) is 13.1. The van der Waals surface area contributed by atoms with E-state index in [-0.39, 0.29) is 23.5 Å². The highest BCUT2D eigenvalue weighted by Gasteiger charge is 2.19. The summed E-state index contributed by atoms with van der Waals surface area (Å²) in [6.07, 6.45) is 1.18. The van der Waals surface area contributed by atoms with Crippen molar-refractivity contribution in [1.82, 2.24) is 5.16 Å². The summed E-state index contributed by atoms with van der Waals surface area (Å²) in [6, 6.07) is 3.17. The lowest BCUT2D eigenvalue weighted by Crippen LogP contribution is -2.04. The second-order valence-corrected chi connectivity index (χ2v) is 3.42. The van der Waals surface area contributed by atoms with Crippen molar-refractivity contribution in [2.24, 2.45) is 0 Å². The minimum atomic E-state index is -1.03. The van der Waals surface area contributed by atoms with Gasteiger partial charge in [-0.1, -0.05) is 5.16 Å². The Balaban J connectivity index is 2.42. The summed E-state index contributed by atoms with van der Waals surface area (Å²) in [7, 11) is 0. The van der Waals surface area contributed by atoms with Crippen LogP contribution in [0.25, 0.3) is 11.3 Å². The second-order valence-electron chi connectivity index (χ2n) is 3.42. The summed E-state index contributed by atoms with van der Waals surface area (Å²) in [5.41, 5.74) is 0.289. The van der Waals surface area contributed by atoms with Gasteiger partial charge in [-0.15, -0.1) is 0 Å². The first kappa shape index (κ1) is 12.2. The number of nitrogens with zero attached hydrogens (tertiary/aromatic N) is 1. The smallest absolute Gasteiger partial charge is 0.343 e. The van der Waals surface area contributed by atoms with Crippen molar-refractivity contribution >= 4 is 5.97 Å². The molecule has 0 spiro atoms. The van der Waals surface area contributed by atoms with Gasteiger partial charge in [0.15, 0.2) is 17.4 Å². The Morgan fingerprint density at radius 2 is 2.17 bits per heavy atom. The van der Waals surface area contributed by atoms with Crippen LogP contribution in [-0.2, 0) is 4.74 Å². The highest BCUT2D eigenvalue weighted by atomic mass is 19.2. The molecule has 2 rings (SSSR count). The fraction of sp³-hybridized carbons (Fsp3) is 0.167. The van der Waals surface area contributed by atoms with Gasteiger partial charge < -0.3 is 9.26 Å². The third-order valence-electron chi connectivity index (χ3n) is 2.25. The first-order chi connectivity index (χ1) is 8.63. The Hall–Kier alpha value is -2.24. The summed E-state index contributed by atoms with van der Waals surface area (Å²) in [5.74, 6) is -2.58. The highest BCUT2D eigenvalue weighted by molar-refractivity contribution is 5.95. The van der Waals surface area contributed by atoms with E-state index in [0.717, 1.165) is 12.1 Å². The molecule has 0 bridgehead atoms. The van der Waals surface area contributed by atoms with E-state index >= 15 is 0 Å². The van der Waals surface area contributed by atoms with E-state index in [1.807, 2.05) is 0 Å². The largest absolute Gasteiger partial charge is 0.462 e. The van der Waals surface area contributed by atoms with Gasteiger partial charge in [0.25, 0.3) is 0 Å². The van der Waals surface area contributed by atoms with Crippen LogP contribution in [0.1, 0.15) is 17.3 Å². The van der Waals surface area contributed by atoms with Crippen LogP contribution >= 0.6 is 0 Å². The molecular weight excluding hydrogens is 244 g/mol. The molecule has 0 aliphatic rings. The SMILES string of the molecule is CCOC(=O)c1cnoc1-c1ccc(F)c(F)c1. The van der Waals surface area contributed by atoms with Crippen LogP contribution in [0.4, 0.5) is 8.78 Å². The fourth-order valence-corrected chi connectivity index (χ4v) is 1.44. The zero-order valence-corrected chi connectivity index (χ0v) is 9.44. The number of carbonyl (C=O) groups excluding carboxylic acids is 1. The van der Waals surface area contributed by atoms with Gasteiger partial charge >= 0.3 is 5.97 Å². The molecule has 0 unspecified atom stereocenters. The van der Waals surface area contributed by atoms with E-state index in [4.69, 9.17) is 9.26 Å². The quantitative estimate of drug-likeness (QED) is 0.789. The van der Waals surface area contributed by atoms with Crippen molar-refractivity contribution in [3.05, 3.63) is 41.6 Å². The monoisotopic (exact) mass is 253 g/mol. The number of rotatable bonds is 3. The van der Waals surface area contributed by atoms with E-state index in [0.29, 0.717) is 0 Å². The van der Waals surface area contributed by atoms with Crippen molar-refractivity contribution in [3.63, 3.8) is 0 Å². The maximum Gasteiger partial charge on any atom is 0.343 e. The Labute approximate surface area is 101 Å². The maximum absolute atomic E-state index is 13.1.